The minimum Gasteiger partial charge on any atom is -0.497 e. The van der Waals surface area contributed by atoms with Crippen molar-refractivity contribution in [2.24, 2.45) is 0 Å². The van der Waals surface area contributed by atoms with Crippen LogP contribution in [0.3, 0.4) is 0 Å². The molecule has 1 unspecified atom stereocenters. The van der Waals surface area contributed by atoms with Crippen molar-refractivity contribution in [3.05, 3.63) is 35.0 Å². The zero-order valence-electron chi connectivity index (χ0n) is 15.9. The second-order valence-electron chi connectivity index (χ2n) is 6.11. The number of carbonyl (C=O) groups is 1. The lowest BCUT2D eigenvalue weighted by atomic mass is 9.94. The standard InChI is InChI=1S/C18H23N5O4/c1-5-6-9-27-17(24)15-11(2)19-18-20-21-22-23(18)16(15)13-10-12(25-3)7-8-14(13)26-4/h7-8,10,16H,5-6,9H2,1-4H3,(H,19,20,22). The van der Waals surface area contributed by atoms with E-state index in [1.165, 1.54) is 0 Å². The zero-order valence-corrected chi connectivity index (χ0v) is 15.9. The van der Waals surface area contributed by atoms with Gasteiger partial charge in [0.05, 0.1) is 26.4 Å². The van der Waals surface area contributed by atoms with E-state index in [0.717, 1.165) is 12.8 Å². The number of aromatic nitrogens is 4. The molecule has 0 fully saturated rings. The number of unbranched alkanes of at least 4 members (excludes halogenated alkanes) is 1. The number of nitrogens with zero attached hydrogens (tertiary/aromatic N) is 4. The van der Waals surface area contributed by atoms with Crippen LogP contribution in [0.1, 0.15) is 38.3 Å². The second kappa shape index (κ2) is 8.07. The average Bonchev–Trinajstić information content (AvgIpc) is 3.14. The number of hydrogen-bond donors (Lipinski definition) is 1. The van der Waals surface area contributed by atoms with E-state index in [1.807, 2.05) is 13.0 Å². The van der Waals surface area contributed by atoms with Gasteiger partial charge in [0.2, 0.25) is 5.95 Å². The molecule has 9 nitrogen and oxygen atoms in total. The van der Waals surface area contributed by atoms with Crippen LogP contribution < -0.4 is 14.8 Å². The van der Waals surface area contributed by atoms with Gasteiger partial charge in [-0.1, -0.05) is 18.4 Å². The molecule has 2 aromatic rings. The van der Waals surface area contributed by atoms with E-state index in [1.54, 1.807) is 38.0 Å². The predicted octanol–water partition coefficient (Wildman–Crippen LogP) is 2.32. The smallest absolute Gasteiger partial charge is 0.338 e. The Balaban J connectivity index is 2.10. The van der Waals surface area contributed by atoms with Gasteiger partial charge < -0.3 is 19.5 Å². The maximum Gasteiger partial charge on any atom is 0.338 e. The number of fused-ring (bicyclic) bond motifs is 1. The summed E-state index contributed by atoms with van der Waals surface area (Å²) >= 11 is 0. The maximum atomic E-state index is 12.9. The predicted molar refractivity (Wildman–Crippen MR) is 97.7 cm³/mol. The highest BCUT2D eigenvalue weighted by Crippen LogP contribution is 2.40. The molecule has 0 amide bonds. The number of benzene rings is 1. The second-order valence-corrected chi connectivity index (χ2v) is 6.11. The van der Waals surface area contributed by atoms with Crippen LogP contribution in [-0.2, 0) is 9.53 Å². The highest BCUT2D eigenvalue weighted by atomic mass is 16.5. The molecular weight excluding hydrogens is 350 g/mol. The number of nitrogens with one attached hydrogen (secondary N) is 1. The molecule has 144 valence electrons. The van der Waals surface area contributed by atoms with Gasteiger partial charge in [-0.05, 0) is 42.0 Å². The van der Waals surface area contributed by atoms with Gasteiger partial charge in [-0.3, -0.25) is 0 Å². The minimum atomic E-state index is -0.601. The van der Waals surface area contributed by atoms with Gasteiger partial charge in [-0.2, -0.15) is 4.68 Å². The molecule has 1 aromatic carbocycles. The third-order valence-electron chi connectivity index (χ3n) is 4.40. The Kier molecular flexibility index (Phi) is 5.58. The molecule has 1 aliphatic rings. The molecule has 1 N–H and O–H groups in total. The Bertz CT molecular complexity index is 861. The fraction of sp³-hybridized carbons (Fsp3) is 0.444. The molecule has 0 saturated heterocycles. The number of ether oxygens (including phenoxy) is 3. The average molecular weight is 373 g/mol. The molecule has 27 heavy (non-hydrogen) atoms. The van der Waals surface area contributed by atoms with Crippen molar-refractivity contribution in [1.29, 1.82) is 0 Å². The number of rotatable bonds is 7. The van der Waals surface area contributed by atoms with Crippen LogP contribution in [0.2, 0.25) is 0 Å². The van der Waals surface area contributed by atoms with Crippen LogP contribution in [0.4, 0.5) is 5.95 Å². The Morgan fingerprint density at radius 3 is 2.81 bits per heavy atom. The van der Waals surface area contributed by atoms with E-state index in [2.05, 4.69) is 20.8 Å². The van der Waals surface area contributed by atoms with E-state index < -0.39 is 12.0 Å². The maximum absolute atomic E-state index is 12.9. The van der Waals surface area contributed by atoms with Gasteiger partial charge in [0.15, 0.2) is 0 Å². The zero-order chi connectivity index (χ0) is 19.4. The lowest BCUT2D eigenvalue weighted by molar-refractivity contribution is -0.139. The molecule has 0 saturated carbocycles. The van der Waals surface area contributed by atoms with Crippen molar-refractivity contribution in [2.45, 2.75) is 32.7 Å². The molecule has 1 aromatic heterocycles. The highest BCUT2D eigenvalue weighted by Gasteiger charge is 2.36. The van der Waals surface area contributed by atoms with Gasteiger partial charge in [0, 0.05) is 11.3 Å². The van der Waals surface area contributed by atoms with Gasteiger partial charge >= 0.3 is 5.97 Å². The van der Waals surface area contributed by atoms with Crippen LogP contribution in [-0.4, -0.2) is 47.0 Å². The van der Waals surface area contributed by atoms with Crippen molar-refractivity contribution < 1.29 is 19.0 Å². The summed E-state index contributed by atoms with van der Waals surface area (Å²) in [4.78, 5) is 12.9. The van der Waals surface area contributed by atoms with E-state index in [4.69, 9.17) is 14.2 Å². The van der Waals surface area contributed by atoms with Gasteiger partial charge in [-0.25, -0.2) is 4.79 Å². The third-order valence-corrected chi connectivity index (χ3v) is 4.40. The first-order chi connectivity index (χ1) is 13.1. The summed E-state index contributed by atoms with van der Waals surface area (Å²) in [6.07, 6.45) is 1.74. The third kappa shape index (κ3) is 3.57. The van der Waals surface area contributed by atoms with Crippen LogP contribution in [0.15, 0.2) is 29.5 Å². The van der Waals surface area contributed by atoms with Crippen LogP contribution in [0, 0.1) is 0 Å². The lowest BCUT2D eigenvalue weighted by Crippen LogP contribution is -2.30. The topological polar surface area (TPSA) is 100 Å². The summed E-state index contributed by atoms with van der Waals surface area (Å²) in [5, 5.41) is 14.8. The van der Waals surface area contributed by atoms with Crippen molar-refractivity contribution in [2.75, 3.05) is 26.1 Å². The Morgan fingerprint density at radius 1 is 1.30 bits per heavy atom. The van der Waals surface area contributed by atoms with Crippen molar-refractivity contribution >= 4 is 11.9 Å². The van der Waals surface area contributed by atoms with E-state index >= 15 is 0 Å². The number of tetrazole rings is 1. The first-order valence-electron chi connectivity index (χ1n) is 8.75. The van der Waals surface area contributed by atoms with Crippen LogP contribution >= 0.6 is 0 Å². The van der Waals surface area contributed by atoms with Crippen molar-refractivity contribution in [1.82, 2.24) is 20.2 Å². The molecule has 3 rings (SSSR count). The Hall–Kier alpha value is -3.10. The largest absolute Gasteiger partial charge is 0.497 e. The van der Waals surface area contributed by atoms with Crippen molar-refractivity contribution in [3.63, 3.8) is 0 Å². The van der Waals surface area contributed by atoms with E-state index in [0.29, 0.717) is 40.9 Å². The summed E-state index contributed by atoms with van der Waals surface area (Å²) < 4.78 is 17.9. The quantitative estimate of drug-likeness (QED) is 0.583. The molecular formula is C18H23N5O4. The fourth-order valence-electron chi connectivity index (χ4n) is 3.00. The molecule has 0 radical (unpaired) electrons. The minimum absolute atomic E-state index is 0.358. The number of methoxy groups -OCH3 is 2. The molecule has 1 atom stereocenters. The number of carbonyl (C=O) groups excluding carboxylic acids is 1. The first-order valence-corrected chi connectivity index (χ1v) is 8.75. The van der Waals surface area contributed by atoms with E-state index in [-0.39, 0.29) is 0 Å². The van der Waals surface area contributed by atoms with Crippen LogP contribution in [0.5, 0.6) is 11.5 Å². The SMILES string of the molecule is CCCCOC(=O)C1=C(C)Nc2nnnn2C1c1cc(OC)ccc1OC. The summed E-state index contributed by atoms with van der Waals surface area (Å²) in [5.41, 5.74) is 1.76. The van der Waals surface area contributed by atoms with Crippen LogP contribution in [0.25, 0.3) is 0 Å². The Morgan fingerprint density at radius 2 is 2.11 bits per heavy atom. The number of anilines is 1. The molecule has 0 aliphatic carbocycles. The van der Waals surface area contributed by atoms with E-state index in [9.17, 15) is 4.79 Å². The number of esters is 1. The normalized spacial score (nSPS) is 15.8. The lowest BCUT2D eigenvalue weighted by Gasteiger charge is -2.28. The van der Waals surface area contributed by atoms with Gasteiger partial charge in [0.25, 0.3) is 0 Å². The summed E-state index contributed by atoms with van der Waals surface area (Å²) in [6.45, 7) is 4.20. The van der Waals surface area contributed by atoms with Crippen molar-refractivity contribution in [3.8, 4) is 11.5 Å². The highest BCUT2D eigenvalue weighted by molar-refractivity contribution is 5.92. The number of hydrogen-bond acceptors (Lipinski definition) is 8. The Labute approximate surface area is 157 Å². The molecule has 0 spiro atoms. The molecule has 9 heteroatoms. The molecule has 1 aliphatic heterocycles. The van der Waals surface area contributed by atoms with Gasteiger partial charge in [-0.15, -0.1) is 0 Å². The first kappa shape index (κ1) is 18.7. The fourth-order valence-corrected chi connectivity index (χ4v) is 3.00. The summed E-state index contributed by atoms with van der Waals surface area (Å²) in [5.74, 6) is 1.25. The number of allylic oxidation sites excluding steroid dienone is 1. The summed E-state index contributed by atoms with van der Waals surface area (Å²) in [6, 6.07) is 4.79. The monoisotopic (exact) mass is 373 g/mol. The summed E-state index contributed by atoms with van der Waals surface area (Å²) in [7, 11) is 3.15. The molecule has 2 heterocycles. The van der Waals surface area contributed by atoms with Gasteiger partial charge in [0.1, 0.15) is 17.5 Å². The molecule has 0 bridgehead atoms.